The number of benzene rings is 2. The standard InChI is InChI=1S/C21H18N6O/c1-14-11-18(15-7-3-2-4-8-15)27(26-14)20-12-17(23-13-24-20)21(25-22)16-9-5-6-10-19(16)28/h2-13,28H,22H2,1H3/b25-21+. The fraction of sp³-hybridized carbons (Fsp3) is 0.0476. The lowest BCUT2D eigenvalue weighted by molar-refractivity contribution is 0.474. The van der Waals surface area contributed by atoms with Crippen molar-refractivity contribution in [1.29, 1.82) is 0 Å². The van der Waals surface area contributed by atoms with Gasteiger partial charge in [0, 0.05) is 17.2 Å². The van der Waals surface area contributed by atoms with Crippen LogP contribution in [0.15, 0.2) is 78.2 Å². The SMILES string of the molecule is Cc1cc(-c2ccccc2)n(-c2cc(/C(=N/N)c3ccccc3O)ncn2)n1. The van der Waals surface area contributed by atoms with Crippen LogP contribution in [0.1, 0.15) is 17.0 Å². The van der Waals surface area contributed by atoms with Crippen molar-refractivity contribution in [3.63, 3.8) is 0 Å². The predicted octanol–water partition coefficient (Wildman–Crippen LogP) is 3.05. The topological polar surface area (TPSA) is 102 Å². The molecule has 0 bridgehead atoms. The summed E-state index contributed by atoms with van der Waals surface area (Å²) >= 11 is 0. The Morgan fingerprint density at radius 3 is 2.50 bits per heavy atom. The summed E-state index contributed by atoms with van der Waals surface area (Å²) in [5.74, 6) is 6.27. The number of hydrogen-bond acceptors (Lipinski definition) is 6. The highest BCUT2D eigenvalue weighted by Gasteiger charge is 2.16. The number of nitrogens with zero attached hydrogens (tertiary/aromatic N) is 5. The molecule has 2 heterocycles. The number of hydrazone groups is 1. The van der Waals surface area contributed by atoms with Crippen molar-refractivity contribution in [3.8, 4) is 22.8 Å². The molecule has 2 aromatic heterocycles. The molecule has 28 heavy (non-hydrogen) atoms. The largest absolute Gasteiger partial charge is 0.507 e. The van der Waals surface area contributed by atoms with Crippen LogP contribution in [0, 0.1) is 6.92 Å². The highest BCUT2D eigenvalue weighted by atomic mass is 16.3. The Kier molecular flexibility index (Phi) is 4.55. The second kappa shape index (κ2) is 7.32. The second-order valence-electron chi connectivity index (χ2n) is 6.21. The van der Waals surface area contributed by atoms with Gasteiger partial charge in [0.2, 0.25) is 0 Å². The molecule has 4 aromatic rings. The van der Waals surface area contributed by atoms with Crippen molar-refractivity contribution in [2.45, 2.75) is 6.92 Å². The maximum Gasteiger partial charge on any atom is 0.158 e. The molecule has 0 fully saturated rings. The second-order valence-corrected chi connectivity index (χ2v) is 6.21. The maximum absolute atomic E-state index is 10.2. The van der Waals surface area contributed by atoms with E-state index >= 15 is 0 Å². The summed E-state index contributed by atoms with van der Waals surface area (Å²) in [6, 6.07) is 20.5. The Balaban J connectivity index is 1.82. The van der Waals surface area contributed by atoms with Crippen molar-refractivity contribution >= 4 is 5.71 Å². The molecule has 0 saturated heterocycles. The summed E-state index contributed by atoms with van der Waals surface area (Å²) in [7, 11) is 0. The van der Waals surface area contributed by atoms with Gasteiger partial charge in [0.15, 0.2) is 5.82 Å². The molecule has 0 aliphatic rings. The third-order valence-corrected chi connectivity index (χ3v) is 4.30. The molecular weight excluding hydrogens is 352 g/mol. The van der Waals surface area contributed by atoms with Crippen molar-refractivity contribution < 1.29 is 5.11 Å². The van der Waals surface area contributed by atoms with Gasteiger partial charge in [-0.1, -0.05) is 42.5 Å². The van der Waals surface area contributed by atoms with Gasteiger partial charge in [-0.05, 0) is 25.1 Å². The van der Waals surface area contributed by atoms with E-state index in [-0.39, 0.29) is 5.75 Å². The number of para-hydroxylation sites is 1. The molecule has 0 radical (unpaired) electrons. The Morgan fingerprint density at radius 1 is 1.00 bits per heavy atom. The van der Waals surface area contributed by atoms with Crippen molar-refractivity contribution in [2.75, 3.05) is 0 Å². The van der Waals surface area contributed by atoms with Crippen LogP contribution in [0.2, 0.25) is 0 Å². The average Bonchev–Trinajstić information content (AvgIpc) is 3.13. The smallest absolute Gasteiger partial charge is 0.158 e. The van der Waals surface area contributed by atoms with Gasteiger partial charge in [-0.15, -0.1) is 0 Å². The van der Waals surface area contributed by atoms with Crippen LogP contribution in [0.4, 0.5) is 0 Å². The molecule has 0 spiro atoms. The minimum absolute atomic E-state index is 0.0757. The van der Waals surface area contributed by atoms with Gasteiger partial charge in [-0.2, -0.15) is 10.2 Å². The lowest BCUT2D eigenvalue weighted by atomic mass is 10.1. The lowest BCUT2D eigenvalue weighted by Crippen LogP contribution is -2.11. The monoisotopic (exact) mass is 370 g/mol. The van der Waals surface area contributed by atoms with E-state index in [0.717, 1.165) is 17.0 Å². The minimum Gasteiger partial charge on any atom is -0.507 e. The van der Waals surface area contributed by atoms with Gasteiger partial charge >= 0.3 is 0 Å². The first-order valence-electron chi connectivity index (χ1n) is 8.68. The molecule has 0 aliphatic heterocycles. The third-order valence-electron chi connectivity index (χ3n) is 4.30. The molecule has 0 saturated carbocycles. The Hall–Kier alpha value is -4.00. The number of aryl methyl sites for hydroxylation is 1. The Bertz CT molecular complexity index is 1150. The van der Waals surface area contributed by atoms with E-state index in [1.54, 1.807) is 35.0 Å². The molecule has 7 heteroatoms. The van der Waals surface area contributed by atoms with Crippen LogP contribution in [0.5, 0.6) is 5.75 Å². The lowest BCUT2D eigenvalue weighted by Gasteiger charge is -2.10. The summed E-state index contributed by atoms with van der Waals surface area (Å²) in [5, 5.41) is 18.6. The van der Waals surface area contributed by atoms with E-state index in [1.807, 2.05) is 43.3 Å². The highest BCUT2D eigenvalue weighted by molar-refractivity contribution is 6.13. The minimum atomic E-state index is 0.0757. The average molecular weight is 370 g/mol. The molecule has 0 atom stereocenters. The molecule has 138 valence electrons. The Labute approximate surface area is 161 Å². The van der Waals surface area contributed by atoms with Gasteiger partial charge in [-0.25, -0.2) is 14.6 Å². The summed E-state index contributed by atoms with van der Waals surface area (Å²) in [5.41, 5.74) is 4.16. The van der Waals surface area contributed by atoms with Crippen LogP contribution in [-0.2, 0) is 0 Å². The molecule has 0 aliphatic carbocycles. The van der Waals surface area contributed by atoms with Crippen LogP contribution in [0.25, 0.3) is 17.1 Å². The van der Waals surface area contributed by atoms with E-state index < -0.39 is 0 Å². The summed E-state index contributed by atoms with van der Waals surface area (Å²) in [4.78, 5) is 8.66. The van der Waals surface area contributed by atoms with E-state index in [9.17, 15) is 5.11 Å². The highest BCUT2D eigenvalue weighted by Crippen LogP contribution is 2.24. The van der Waals surface area contributed by atoms with Crippen LogP contribution >= 0.6 is 0 Å². The van der Waals surface area contributed by atoms with E-state index in [0.29, 0.717) is 22.8 Å². The van der Waals surface area contributed by atoms with Crippen LogP contribution < -0.4 is 5.84 Å². The van der Waals surface area contributed by atoms with Crippen molar-refractivity contribution in [2.24, 2.45) is 10.9 Å². The summed E-state index contributed by atoms with van der Waals surface area (Å²) < 4.78 is 1.76. The van der Waals surface area contributed by atoms with Crippen LogP contribution in [-0.4, -0.2) is 30.6 Å². The van der Waals surface area contributed by atoms with Gasteiger partial charge in [0.05, 0.1) is 17.1 Å². The first-order chi connectivity index (χ1) is 13.7. The molecule has 7 nitrogen and oxygen atoms in total. The normalized spacial score (nSPS) is 11.5. The Morgan fingerprint density at radius 2 is 1.75 bits per heavy atom. The summed E-state index contributed by atoms with van der Waals surface area (Å²) in [6.45, 7) is 1.93. The molecule has 2 aromatic carbocycles. The maximum atomic E-state index is 10.2. The fourth-order valence-corrected chi connectivity index (χ4v) is 3.03. The number of aromatic hydroxyl groups is 1. The zero-order valence-electron chi connectivity index (χ0n) is 15.2. The molecule has 0 amide bonds. The van der Waals surface area contributed by atoms with Gasteiger partial charge in [0.25, 0.3) is 0 Å². The molecule has 3 N–H and O–H groups in total. The number of phenolic OH excluding ortho intramolecular Hbond substituents is 1. The first kappa shape index (κ1) is 17.4. The van der Waals surface area contributed by atoms with Gasteiger partial charge in [0.1, 0.15) is 17.8 Å². The number of phenols is 1. The zero-order valence-corrected chi connectivity index (χ0v) is 15.2. The van der Waals surface area contributed by atoms with Gasteiger partial charge in [-0.3, -0.25) is 0 Å². The van der Waals surface area contributed by atoms with E-state index in [2.05, 4.69) is 20.2 Å². The van der Waals surface area contributed by atoms with Crippen molar-refractivity contribution in [3.05, 3.63) is 90.0 Å². The number of nitrogens with two attached hydrogens (primary N) is 1. The zero-order chi connectivity index (χ0) is 19.5. The number of aromatic nitrogens is 4. The predicted molar refractivity (Wildman–Crippen MR) is 107 cm³/mol. The fourth-order valence-electron chi connectivity index (χ4n) is 3.03. The van der Waals surface area contributed by atoms with Crippen molar-refractivity contribution in [1.82, 2.24) is 19.7 Å². The third kappa shape index (κ3) is 3.21. The molecule has 0 unspecified atom stereocenters. The number of rotatable bonds is 4. The molecule has 4 rings (SSSR count). The van der Waals surface area contributed by atoms with Gasteiger partial charge < -0.3 is 10.9 Å². The quantitative estimate of drug-likeness (QED) is 0.326. The van der Waals surface area contributed by atoms with E-state index in [4.69, 9.17) is 5.84 Å². The first-order valence-corrected chi connectivity index (χ1v) is 8.68. The summed E-state index contributed by atoms with van der Waals surface area (Å²) in [6.07, 6.45) is 1.43. The number of hydrogen-bond donors (Lipinski definition) is 2. The van der Waals surface area contributed by atoms with Crippen LogP contribution in [0.3, 0.4) is 0 Å². The van der Waals surface area contributed by atoms with E-state index in [1.165, 1.54) is 6.33 Å². The molecular formula is C21H18N6O.